The summed E-state index contributed by atoms with van der Waals surface area (Å²) in [5.41, 5.74) is 1.64. The van der Waals surface area contributed by atoms with Crippen LogP contribution in [0.15, 0.2) is 54.6 Å². The Morgan fingerprint density at radius 1 is 0.750 bits per heavy atom. The third-order valence-corrected chi connectivity index (χ3v) is 4.78. The molecule has 1 heterocycles. The summed E-state index contributed by atoms with van der Waals surface area (Å²) in [6, 6.07) is 16.4. The number of nitrogens with one attached hydrogen (secondary N) is 3. The van der Waals surface area contributed by atoms with E-state index in [1.807, 2.05) is 30.3 Å². The molecule has 0 aliphatic rings. The van der Waals surface area contributed by atoms with Crippen LogP contribution in [0.25, 0.3) is 0 Å². The third kappa shape index (κ3) is 8.22. The van der Waals surface area contributed by atoms with Crippen molar-refractivity contribution in [2.24, 2.45) is 0 Å². The summed E-state index contributed by atoms with van der Waals surface area (Å²) in [7, 11) is 0. The second kappa shape index (κ2) is 12.2. The average Bonchev–Trinajstić information content (AvgIpc) is 2.77. The van der Waals surface area contributed by atoms with Crippen molar-refractivity contribution in [1.29, 1.82) is 0 Å². The molecule has 0 aliphatic carbocycles. The Morgan fingerprint density at radius 2 is 1.31 bits per heavy atom. The SMILES string of the molecule is CC(=O)CCCCCCCNc1nc(Nc2ccccc2)nc(Nc2ccc(O)cc2)n1. The molecule has 4 N–H and O–H groups in total. The van der Waals surface area contributed by atoms with E-state index in [0.29, 0.717) is 24.3 Å². The lowest BCUT2D eigenvalue weighted by Gasteiger charge is -2.11. The van der Waals surface area contributed by atoms with Gasteiger partial charge >= 0.3 is 0 Å². The van der Waals surface area contributed by atoms with Gasteiger partial charge in [-0.05, 0) is 56.2 Å². The van der Waals surface area contributed by atoms with Crippen LogP contribution in [0.3, 0.4) is 0 Å². The van der Waals surface area contributed by atoms with Crippen molar-refractivity contribution in [3.63, 3.8) is 0 Å². The van der Waals surface area contributed by atoms with Crippen molar-refractivity contribution in [2.75, 3.05) is 22.5 Å². The topological polar surface area (TPSA) is 112 Å². The number of phenolic OH excluding ortho intramolecular Hbond substituents is 1. The van der Waals surface area contributed by atoms with Gasteiger partial charge in [-0.15, -0.1) is 0 Å². The predicted octanol–water partition coefficient (Wildman–Crippen LogP) is 5.41. The molecule has 168 valence electrons. The van der Waals surface area contributed by atoms with Gasteiger partial charge in [0, 0.05) is 24.3 Å². The van der Waals surface area contributed by atoms with E-state index in [4.69, 9.17) is 0 Å². The molecule has 8 nitrogen and oxygen atoms in total. The lowest BCUT2D eigenvalue weighted by molar-refractivity contribution is -0.117. The molecule has 0 atom stereocenters. The van der Waals surface area contributed by atoms with E-state index < -0.39 is 0 Å². The number of carbonyl (C=O) groups is 1. The van der Waals surface area contributed by atoms with Crippen LogP contribution in [0.5, 0.6) is 5.75 Å². The quantitative estimate of drug-likeness (QED) is 0.209. The summed E-state index contributed by atoms with van der Waals surface area (Å²) in [6.07, 6.45) is 5.92. The number of nitrogens with zero attached hydrogens (tertiary/aromatic N) is 3. The Labute approximate surface area is 188 Å². The van der Waals surface area contributed by atoms with Crippen LogP contribution in [0.4, 0.5) is 29.2 Å². The minimum Gasteiger partial charge on any atom is -0.508 e. The number of benzene rings is 2. The highest BCUT2D eigenvalue weighted by molar-refractivity contribution is 5.75. The maximum Gasteiger partial charge on any atom is 0.233 e. The van der Waals surface area contributed by atoms with E-state index in [9.17, 15) is 9.90 Å². The van der Waals surface area contributed by atoms with Crippen LogP contribution in [-0.2, 0) is 4.79 Å². The standard InChI is InChI=1S/C24H30N6O2/c1-18(31)10-6-3-2-4-9-17-25-22-28-23(26-19-11-7-5-8-12-19)30-24(29-22)27-20-13-15-21(32)16-14-20/h5,7-8,11-16,32H,2-4,6,9-10,17H2,1H3,(H3,25,26,27,28,29,30). The van der Waals surface area contributed by atoms with Crippen molar-refractivity contribution in [3.8, 4) is 5.75 Å². The molecular weight excluding hydrogens is 404 g/mol. The van der Waals surface area contributed by atoms with Gasteiger partial charge in [-0.1, -0.05) is 37.5 Å². The first kappa shape index (κ1) is 23.0. The van der Waals surface area contributed by atoms with Crippen LogP contribution in [-0.4, -0.2) is 32.4 Å². The van der Waals surface area contributed by atoms with E-state index >= 15 is 0 Å². The molecule has 0 fully saturated rings. The minimum absolute atomic E-state index is 0.196. The zero-order chi connectivity index (χ0) is 22.6. The summed E-state index contributed by atoms with van der Waals surface area (Å²) in [4.78, 5) is 24.4. The van der Waals surface area contributed by atoms with E-state index in [-0.39, 0.29) is 11.5 Å². The van der Waals surface area contributed by atoms with Crippen LogP contribution in [0.2, 0.25) is 0 Å². The van der Waals surface area contributed by atoms with Crippen LogP contribution in [0, 0.1) is 0 Å². The Balaban J connectivity index is 1.59. The molecule has 0 amide bonds. The Bertz CT molecular complexity index is 980. The minimum atomic E-state index is 0.196. The van der Waals surface area contributed by atoms with Crippen molar-refractivity contribution < 1.29 is 9.90 Å². The Hall–Kier alpha value is -3.68. The number of anilines is 5. The number of unbranched alkanes of at least 4 members (excludes halogenated alkanes) is 4. The molecule has 0 saturated heterocycles. The van der Waals surface area contributed by atoms with E-state index in [2.05, 4.69) is 30.9 Å². The van der Waals surface area contributed by atoms with Crippen molar-refractivity contribution in [1.82, 2.24) is 15.0 Å². The van der Waals surface area contributed by atoms with Gasteiger partial charge in [0.1, 0.15) is 11.5 Å². The van der Waals surface area contributed by atoms with Crippen LogP contribution < -0.4 is 16.0 Å². The molecular formula is C24H30N6O2. The average molecular weight is 435 g/mol. The number of rotatable bonds is 13. The number of aromatic hydroxyl groups is 1. The monoisotopic (exact) mass is 434 g/mol. The first-order valence-corrected chi connectivity index (χ1v) is 11.0. The predicted molar refractivity (Wildman–Crippen MR) is 128 cm³/mol. The second-order valence-corrected chi connectivity index (χ2v) is 7.62. The maximum absolute atomic E-state index is 11.0. The number of para-hydroxylation sites is 1. The molecule has 8 heteroatoms. The highest BCUT2D eigenvalue weighted by Gasteiger charge is 2.08. The van der Waals surface area contributed by atoms with E-state index in [1.165, 1.54) is 0 Å². The fraction of sp³-hybridized carbons (Fsp3) is 0.333. The normalized spacial score (nSPS) is 10.5. The molecule has 3 aromatic rings. The molecule has 0 radical (unpaired) electrons. The zero-order valence-corrected chi connectivity index (χ0v) is 18.3. The summed E-state index contributed by atoms with van der Waals surface area (Å²) in [5, 5.41) is 19.1. The van der Waals surface area contributed by atoms with E-state index in [1.54, 1.807) is 31.2 Å². The Morgan fingerprint density at radius 3 is 1.97 bits per heavy atom. The highest BCUT2D eigenvalue weighted by atomic mass is 16.3. The van der Waals surface area contributed by atoms with Gasteiger partial charge in [0.05, 0.1) is 0 Å². The van der Waals surface area contributed by atoms with Gasteiger partial charge < -0.3 is 25.9 Å². The van der Waals surface area contributed by atoms with E-state index in [0.717, 1.165) is 50.0 Å². The molecule has 0 saturated carbocycles. The number of hydrogen-bond acceptors (Lipinski definition) is 8. The van der Waals surface area contributed by atoms with Crippen molar-refractivity contribution in [2.45, 2.75) is 45.4 Å². The first-order valence-electron chi connectivity index (χ1n) is 11.0. The summed E-state index contributed by atoms with van der Waals surface area (Å²) >= 11 is 0. The fourth-order valence-corrected chi connectivity index (χ4v) is 3.12. The number of hydrogen-bond donors (Lipinski definition) is 4. The van der Waals surface area contributed by atoms with Gasteiger partial charge in [-0.3, -0.25) is 0 Å². The maximum atomic E-state index is 11.0. The molecule has 1 aromatic heterocycles. The lowest BCUT2D eigenvalue weighted by Crippen LogP contribution is -2.10. The van der Waals surface area contributed by atoms with Crippen molar-refractivity contribution in [3.05, 3.63) is 54.6 Å². The highest BCUT2D eigenvalue weighted by Crippen LogP contribution is 2.20. The Kier molecular flexibility index (Phi) is 8.80. The van der Waals surface area contributed by atoms with Gasteiger partial charge in [0.2, 0.25) is 17.8 Å². The molecule has 0 unspecified atom stereocenters. The molecule has 0 spiro atoms. The molecule has 0 aliphatic heterocycles. The summed E-state index contributed by atoms with van der Waals surface area (Å²) in [6.45, 7) is 2.39. The second-order valence-electron chi connectivity index (χ2n) is 7.62. The number of Topliss-reactive ketones (excluding diaryl/α,β-unsaturated/α-hetero) is 1. The van der Waals surface area contributed by atoms with Crippen molar-refractivity contribution >= 4 is 35.0 Å². The van der Waals surface area contributed by atoms with Gasteiger partial charge in [-0.25, -0.2) is 0 Å². The number of carbonyl (C=O) groups excluding carboxylic acids is 1. The van der Waals surface area contributed by atoms with Gasteiger partial charge in [0.25, 0.3) is 0 Å². The summed E-state index contributed by atoms with van der Waals surface area (Å²) in [5.74, 6) is 1.77. The van der Waals surface area contributed by atoms with Crippen LogP contribution in [0.1, 0.15) is 45.4 Å². The van der Waals surface area contributed by atoms with Gasteiger partial charge in [0.15, 0.2) is 0 Å². The number of ketones is 1. The number of phenols is 1. The molecule has 3 rings (SSSR count). The molecule has 32 heavy (non-hydrogen) atoms. The van der Waals surface area contributed by atoms with Crippen LogP contribution >= 0.6 is 0 Å². The molecule has 2 aromatic carbocycles. The first-order chi connectivity index (χ1) is 15.6. The third-order valence-electron chi connectivity index (χ3n) is 4.78. The summed E-state index contributed by atoms with van der Waals surface area (Å²) < 4.78 is 0. The number of aromatic nitrogens is 3. The molecule has 0 bridgehead atoms. The smallest absolute Gasteiger partial charge is 0.233 e. The largest absolute Gasteiger partial charge is 0.508 e. The fourth-order valence-electron chi connectivity index (χ4n) is 3.12. The zero-order valence-electron chi connectivity index (χ0n) is 18.3. The lowest BCUT2D eigenvalue weighted by atomic mass is 10.1. The van der Waals surface area contributed by atoms with Gasteiger partial charge in [-0.2, -0.15) is 15.0 Å².